The minimum atomic E-state index is -4.79. The lowest BCUT2D eigenvalue weighted by Gasteiger charge is -2.38. The third-order valence-electron chi connectivity index (χ3n) is 6.63. The third kappa shape index (κ3) is 5.95. The Morgan fingerprint density at radius 2 is 1.89 bits per heavy atom. The first-order valence-corrected chi connectivity index (χ1v) is 11.6. The van der Waals surface area contributed by atoms with Gasteiger partial charge in [-0.05, 0) is 53.8 Å². The fraction of sp³-hybridized carbons (Fsp3) is 0.400. The number of alkyl halides is 5. The minimum Gasteiger partial charge on any atom is -0.406 e. The summed E-state index contributed by atoms with van der Waals surface area (Å²) < 4.78 is 87.4. The Balaban J connectivity index is 1.53. The molecule has 2 heterocycles. The largest absolute Gasteiger partial charge is 0.573 e. The van der Waals surface area contributed by atoms with Crippen LogP contribution in [0.4, 0.5) is 26.3 Å². The van der Waals surface area contributed by atoms with Crippen LogP contribution >= 0.6 is 0 Å². The predicted octanol–water partition coefficient (Wildman–Crippen LogP) is 5.12. The number of hydrogen-bond acceptors (Lipinski definition) is 6. The van der Waals surface area contributed by atoms with E-state index < -0.39 is 30.1 Å². The van der Waals surface area contributed by atoms with Gasteiger partial charge in [0.2, 0.25) is 0 Å². The molecule has 6 nitrogen and oxygen atoms in total. The molecule has 0 aromatic heterocycles. The number of hydrazine groups is 2. The number of dihydropyridines is 1. The van der Waals surface area contributed by atoms with Gasteiger partial charge in [-0.2, -0.15) is 5.10 Å². The number of hydrazone groups is 1. The van der Waals surface area contributed by atoms with Crippen LogP contribution in [-0.2, 0) is 4.74 Å². The summed E-state index contributed by atoms with van der Waals surface area (Å²) in [5.74, 6) is -6.16. The van der Waals surface area contributed by atoms with Crippen LogP contribution in [0.2, 0.25) is 0 Å². The quantitative estimate of drug-likeness (QED) is 0.483. The number of benzene rings is 1. The van der Waals surface area contributed by atoms with Gasteiger partial charge >= 0.3 is 6.36 Å². The molecule has 0 radical (unpaired) electrons. The molecule has 37 heavy (non-hydrogen) atoms. The molecule has 0 bridgehead atoms. The summed E-state index contributed by atoms with van der Waals surface area (Å²) in [6, 6.07) is 2.38. The lowest BCUT2D eigenvalue weighted by atomic mass is 9.81. The Morgan fingerprint density at radius 3 is 2.46 bits per heavy atom. The zero-order valence-corrected chi connectivity index (χ0v) is 20.3. The van der Waals surface area contributed by atoms with Crippen molar-refractivity contribution in [2.24, 2.45) is 16.9 Å². The summed E-state index contributed by atoms with van der Waals surface area (Å²) in [5, 5.41) is 9.60. The van der Waals surface area contributed by atoms with Crippen LogP contribution in [0.5, 0.6) is 0 Å². The molecule has 0 fully saturated rings. The van der Waals surface area contributed by atoms with Gasteiger partial charge in [0, 0.05) is 19.2 Å². The summed E-state index contributed by atoms with van der Waals surface area (Å²) in [4.78, 5) is 0. The van der Waals surface area contributed by atoms with Crippen molar-refractivity contribution < 1.29 is 31.1 Å². The molecule has 4 rings (SSSR count). The summed E-state index contributed by atoms with van der Waals surface area (Å²) in [6.07, 6.45) is 5.11. The molecule has 1 aromatic rings. The molecule has 2 N–H and O–H groups in total. The summed E-state index contributed by atoms with van der Waals surface area (Å²) in [5.41, 5.74) is 3.99. The monoisotopic (exact) mass is 527 g/mol. The Bertz CT molecular complexity index is 1160. The van der Waals surface area contributed by atoms with Gasteiger partial charge in [-0.25, -0.2) is 18.7 Å². The molecule has 0 saturated heterocycles. The van der Waals surface area contributed by atoms with Crippen molar-refractivity contribution in [3.8, 4) is 0 Å². The molecule has 0 spiro atoms. The van der Waals surface area contributed by atoms with Crippen LogP contribution in [0, 0.1) is 24.6 Å². The maximum atomic E-state index is 16.1. The fourth-order valence-electron chi connectivity index (χ4n) is 4.69. The van der Waals surface area contributed by atoms with E-state index in [1.165, 1.54) is 53.0 Å². The average Bonchev–Trinajstić information content (AvgIpc) is 3.21. The predicted molar refractivity (Wildman–Crippen MR) is 126 cm³/mol. The molecule has 1 aromatic carbocycles. The van der Waals surface area contributed by atoms with Crippen molar-refractivity contribution in [3.05, 3.63) is 83.1 Å². The minimum absolute atomic E-state index is 0.135. The van der Waals surface area contributed by atoms with E-state index in [-0.39, 0.29) is 24.1 Å². The number of ether oxygens (including phenoxy) is 1. The first-order chi connectivity index (χ1) is 17.3. The van der Waals surface area contributed by atoms with Gasteiger partial charge in [0.05, 0.1) is 12.5 Å². The van der Waals surface area contributed by atoms with Gasteiger partial charge in [0.15, 0.2) is 0 Å². The molecule has 0 amide bonds. The van der Waals surface area contributed by atoms with E-state index in [1.807, 2.05) is 0 Å². The van der Waals surface area contributed by atoms with Gasteiger partial charge in [0.25, 0.3) is 5.92 Å². The highest BCUT2D eigenvalue weighted by Crippen LogP contribution is 2.41. The Hall–Kier alpha value is -3.41. The Morgan fingerprint density at radius 1 is 1.14 bits per heavy atom. The zero-order chi connectivity index (χ0) is 27.0. The molecule has 200 valence electrons. The summed E-state index contributed by atoms with van der Waals surface area (Å²) in [6.45, 7) is 3.17. The first-order valence-electron chi connectivity index (χ1n) is 11.6. The van der Waals surface area contributed by atoms with Crippen LogP contribution in [0.1, 0.15) is 24.0 Å². The lowest BCUT2D eigenvalue weighted by Crippen LogP contribution is -2.51. The van der Waals surface area contributed by atoms with Gasteiger partial charge < -0.3 is 10.1 Å². The molecular formula is C25H27F6N5O. The van der Waals surface area contributed by atoms with E-state index in [4.69, 9.17) is 0 Å². The summed E-state index contributed by atoms with van der Waals surface area (Å²) in [7, 11) is 1.63. The zero-order valence-electron chi connectivity index (χ0n) is 20.3. The normalized spacial score (nSPS) is 24.9. The van der Waals surface area contributed by atoms with E-state index in [2.05, 4.69) is 20.7 Å². The highest BCUT2D eigenvalue weighted by atomic mass is 19.4. The van der Waals surface area contributed by atoms with Crippen molar-refractivity contribution >= 4 is 6.34 Å². The van der Waals surface area contributed by atoms with E-state index in [0.717, 1.165) is 6.07 Å². The molecular weight excluding hydrogens is 500 g/mol. The van der Waals surface area contributed by atoms with Crippen LogP contribution in [0.3, 0.4) is 0 Å². The second-order valence-electron chi connectivity index (χ2n) is 9.23. The van der Waals surface area contributed by atoms with Crippen molar-refractivity contribution in [1.82, 2.24) is 21.0 Å². The molecule has 4 atom stereocenters. The summed E-state index contributed by atoms with van der Waals surface area (Å²) >= 11 is 0. The highest BCUT2D eigenvalue weighted by Gasteiger charge is 2.49. The van der Waals surface area contributed by atoms with E-state index in [0.29, 0.717) is 16.7 Å². The number of halogens is 6. The smallest absolute Gasteiger partial charge is 0.406 e. The van der Waals surface area contributed by atoms with Crippen LogP contribution in [0.25, 0.3) is 0 Å². The average molecular weight is 528 g/mol. The van der Waals surface area contributed by atoms with Crippen LogP contribution < -0.4 is 10.9 Å². The van der Waals surface area contributed by atoms with Crippen molar-refractivity contribution in [2.75, 3.05) is 13.6 Å². The van der Waals surface area contributed by atoms with E-state index >= 15 is 8.78 Å². The fourth-order valence-corrected chi connectivity index (χ4v) is 4.69. The maximum Gasteiger partial charge on any atom is 0.573 e. The van der Waals surface area contributed by atoms with Crippen LogP contribution in [-0.4, -0.2) is 48.4 Å². The van der Waals surface area contributed by atoms with Gasteiger partial charge in [-0.3, -0.25) is 5.01 Å². The Labute approximate surface area is 210 Å². The van der Waals surface area contributed by atoms with Crippen molar-refractivity contribution in [3.63, 3.8) is 0 Å². The molecule has 0 saturated carbocycles. The van der Waals surface area contributed by atoms with Gasteiger partial charge in [0.1, 0.15) is 24.0 Å². The van der Waals surface area contributed by atoms with Crippen molar-refractivity contribution in [2.45, 2.75) is 38.1 Å². The molecule has 1 aliphatic carbocycles. The number of allylic oxidation sites excluding steroid dienone is 5. The van der Waals surface area contributed by atoms with E-state index in [9.17, 15) is 17.6 Å². The Kier molecular flexibility index (Phi) is 7.31. The second kappa shape index (κ2) is 10.2. The molecule has 2 aliphatic heterocycles. The van der Waals surface area contributed by atoms with Crippen molar-refractivity contribution in [1.29, 1.82) is 0 Å². The second-order valence-corrected chi connectivity index (χ2v) is 9.23. The number of aryl methyl sites for hydroxylation is 1. The highest BCUT2D eigenvalue weighted by molar-refractivity contribution is 5.55. The third-order valence-corrected chi connectivity index (χ3v) is 6.63. The standard InChI is InChI=1S/C25H27F6N5O/c1-15-10-18(26)5-7-21(15)22(13-36-14-33-34-35(36)3)24(27,28)23-9-4-17(12-32-23)20-8-6-19(11-16(20)2)37-25(29,30)31/h4-12,14,16,20,22-23,32,34H,13H2,1-3H3/t16-,20?,22+,23?/m0/s1. The van der Waals surface area contributed by atoms with E-state index in [1.54, 1.807) is 33.0 Å². The van der Waals surface area contributed by atoms with Gasteiger partial charge in [-0.15, -0.1) is 18.3 Å². The number of nitrogens with one attached hydrogen (secondary N) is 2. The maximum absolute atomic E-state index is 16.1. The van der Waals surface area contributed by atoms with Gasteiger partial charge in [-0.1, -0.05) is 31.2 Å². The number of hydrogen-bond donors (Lipinski definition) is 2. The SMILES string of the molecule is Cc1cc(F)ccc1[C@@H](CN1C=NNN1C)C(F)(F)C1C=CC(C2C=CC(OC(F)(F)F)=C[C@@H]2C)=CN1. The topological polar surface area (TPSA) is 52.1 Å². The molecule has 12 heteroatoms. The first kappa shape index (κ1) is 26.6. The number of nitrogens with zero attached hydrogens (tertiary/aromatic N) is 3. The number of rotatable bonds is 7. The molecule has 2 unspecified atom stereocenters. The van der Waals surface area contributed by atoms with Crippen LogP contribution in [0.15, 0.2) is 71.2 Å². The lowest BCUT2D eigenvalue weighted by molar-refractivity contribution is -0.303. The molecule has 3 aliphatic rings.